The molecule has 0 spiro atoms. The maximum absolute atomic E-state index is 2.07. The fourth-order valence-electron chi connectivity index (χ4n) is 8.45. The molecule has 0 N–H and O–H groups in total. The maximum atomic E-state index is 2.07. The van der Waals surface area contributed by atoms with Crippen LogP contribution < -0.4 is 0 Å². The van der Waals surface area contributed by atoms with Gasteiger partial charge in [0.15, 0.2) is 0 Å². The molecule has 0 aliphatic heterocycles. The molecule has 0 saturated heterocycles. The topological polar surface area (TPSA) is 0 Å². The number of allylic oxidation sites excluding steroid dienone is 2. The van der Waals surface area contributed by atoms with Crippen LogP contribution in [0.1, 0.15) is 64.2 Å². The second kappa shape index (κ2) is 3.73. The summed E-state index contributed by atoms with van der Waals surface area (Å²) in [6, 6.07) is 0. The SMILES string of the molecule is C1CC2C/C(=C3/CC4CCC5CCC3[C@H]54)C3CCC1[C@H]23. The molecule has 0 bridgehead atoms. The minimum absolute atomic E-state index is 1.08. The fraction of sp³-hybridized carbons (Fsp3) is 0.900. The van der Waals surface area contributed by atoms with Gasteiger partial charge in [0.2, 0.25) is 0 Å². The van der Waals surface area contributed by atoms with Gasteiger partial charge < -0.3 is 0 Å². The van der Waals surface area contributed by atoms with Crippen molar-refractivity contribution >= 4 is 0 Å². The third-order valence-electron chi connectivity index (χ3n) is 8.89. The average molecular weight is 268 g/mol. The summed E-state index contributed by atoms with van der Waals surface area (Å²) < 4.78 is 0. The van der Waals surface area contributed by atoms with E-state index in [4.69, 9.17) is 0 Å². The Kier molecular flexibility index (Phi) is 2.11. The molecule has 0 aromatic heterocycles. The zero-order valence-electron chi connectivity index (χ0n) is 12.7. The van der Waals surface area contributed by atoms with Crippen LogP contribution in [0.15, 0.2) is 11.1 Å². The van der Waals surface area contributed by atoms with Crippen LogP contribution >= 0.6 is 0 Å². The van der Waals surface area contributed by atoms with Crippen LogP contribution in [0.3, 0.4) is 0 Å². The molecule has 20 heavy (non-hydrogen) atoms. The lowest BCUT2D eigenvalue weighted by molar-refractivity contribution is 0.359. The Labute approximate surface area is 123 Å². The van der Waals surface area contributed by atoms with Gasteiger partial charge in [-0.05, 0) is 112 Å². The van der Waals surface area contributed by atoms with E-state index in [2.05, 4.69) is 11.1 Å². The normalized spacial score (nSPS) is 62.4. The van der Waals surface area contributed by atoms with Crippen molar-refractivity contribution in [1.29, 1.82) is 0 Å². The fourth-order valence-corrected chi connectivity index (χ4v) is 8.45. The molecule has 8 atom stereocenters. The Morgan fingerprint density at radius 3 is 1.35 bits per heavy atom. The summed E-state index contributed by atoms with van der Waals surface area (Å²) in [6.45, 7) is 0. The molecule has 6 unspecified atom stereocenters. The molecule has 0 heteroatoms. The Hall–Kier alpha value is -0.260. The highest BCUT2D eigenvalue weighted by atomic mass is 14.6. The van der Waals surface area contributed by atoms with E-state index in [0.29, 0.717) is 0 Å². The first kappa shape index (κ1) is 11.3. The van der Waals surface area contributed by atoms with Crippen LogP contribution in [-0.4, -0.2) is 0 Å². The first-order valence-electron chi connectivity index (χ1n) is 9.62. The summed E-state index contributed by atoms with van der Waals surface area (Å²) in [5.74, 6) is 9.06. The molecule has 6 aliphatic rings. The quantitative estimate of drug-likeness (QED) is 0.530. The third kappa shape index (κ3) is 1.22. The molecule has 6 rings (SSSR count). The van der Waals surface area contributed by atoms with Crippen molar-refractivity contribution in [3.05, 3.63) is 11.1 Å². The summed E-state index contributed by atoms with van der Waals surface area (Å²) >= 11 is 0. The lowest BCUT2D eigenvalue weighted by Gasteiger charge is -2.19. The van der Waals surface area contributed by atoms with Crippen molar-refractivity contribution < 1.29 is 0 Å². The van der Waals surface area contributed by atoms with Crippen LogP contribution in [0.4, 0.5) is 0 Å². The average Bonchev–Trinajstić information content (AvgIpc) is 3.18. The monoisotopic (exact) mass is 268 g/mol. The lowest BCUT2D eigenvalue weighted by Crippen LogP contribution is -2.11. The zero-order chi connectivity index (χ0) is 12.8. The van der Waals surface area contributed by atoms with Crippen molar-refractivity contribution in [3.63, 3.8) is 0 Å². The molecule has 0 nitrogen and oxygen atoms in total. The van der Waals surface area contributed by atoms with E-state index in [1.807, 2.05) is 0 Å². The molecular weight excluding hydrogens is 240 g/mol. The Morgan fingerprint density at radius 1 is 0.450 bits per heavy atom. The second-order valence-corrected chi connectivity index (χ2v) is 9.18. The zero-order valence-corrected chi connectivity index (χ0v) is 12.7. The van der Waals surface area contributed by atoms with Gasteiger partial charge in [0.25, 0.3) is 0 Å². The molecule has 6 saturated carbocycles. The molecule has 6 aliphatic carbocycles. The predicted octanol–water partition coefficient (Wildman–Crippen LogP) is 5.20. The van der Waals surface area contributed by atoms with Gasteiger partial charge in [0.1, 0.15) is 0 Å². The highest BCUT2D eigenvalue weighted by Gasteiger charge is 2.56. The van der Waals surface area contributed by atoms with Gasteiger partial charge in [-0.2, -0.15) is 0 Å². The number of hydrogen-bond acceptors (Lipinski definition) is 0. The van der Waals surface area contributed by atoms with E-state index in [9.17, 15) is 0 Å². The number of hydrogen-bond donors (Lipinski definition) is 0. The first-order chi connectivity index (χ1) is 9.90. The maximum Gasteiger partial charge on any atom is -0.0166 e. The van der Waals surface area contributed by atoms with Crippen LogP contribution in [0.2, 0.25) is 0 Å². The van der Waals surface area contributed by atoms with Crippen molar-refractivity contribution in [2.45, 2.75) is 64.2 Å². The van der Waals surface area contributed by atoms with E-state index in [1.165, 1.54) is 0 Å². The molecule has 0 radical (unpaired) electrons. The van der Waals surface area contributed by atoms with E-state index >= 15 is 0 Å². The largest absolute Gasteiger partial charge is 0.0670 e. The molecule has 0 aromatic rings. The predicted molar refractivity (Wildman–Crippen MR) is 81.1 cm³/mol. The van der Waals surface area contributed by atoms with Gasteiger partial charge in [-0.15, -0.1) is 0 Å². The first-order valence-corrected chi connectivity index (χ1v) is 9.62. The van der Waals surface area contributed by atoms with Crippen molar-refractivity contribution in [1.82, 2.24) is 0 Å². The third-order valence-corrected chi connectivity index (χ3v) is 8.89. The van der Waals surface area contributed by atoms with Gasteiger partial charge >= 0.3 is 0 Å². The van der Waals surface area contributed by atoms with Gasteiger partial charge in [-0.3, -0.25) is 0 Å². The van der Waals surface area contributed by atoms with Gasteiger partial charge in [-0.1, -0.05) is 11.1 Å². The lowest BCUT2D eigenvalue weighted by atomic mass is 9.86. The van der Waals surface area contributed by atoms with Crippen molar-refractivity contribution in [2.24, 2.45) is 47.3 Å². The van der Waals surface area contributed by atoms with Crippen molar-refractivity contribution in [3.8, 4) is 0 Å². The Bertz CT molecular complexity index is 442. The Morgan fingerprint density at radius 2 is 0.850 bits per heavy atom. The summed E-state index contributed by atoms with van der Waals surface area (Å²) in [4.78, 5) is 0. The summed E-state index contributed by atoms with van der Waals surface area (Å²) in [7, 11) is 0. The molecule has 0 heterocycles. The summed E-state index contributed by atoms with van der Waals surface area (Å²) in [6.07, 6.45) is 15.8. The molecule has 6 fully saturated rings. The Balaban J connectivity index is 1.42. The number of rotatable bonds is 0. The van der Waals surface area contributed by atoms with E-state index in [0.717, 1.165) is 47.3 Å². The van der Waals surface area contributed by atoms with Gasteiger partial charge in [-0.25, -0.2) is 0 Å². The van der Waals surface area contributed by atoms with Gasteiger partial charge in [0, 0.05) is 0 Å². The standard InChI is InChI=1S/C20H28/c1-3-13-9-17(15-7-5-11(1)19(13)15)18-10-14-4-2-12-6-8-16(18)20(12)14/h11-16,19-20H,1-10H2/b18-17+/t11?,12?,13?,14?,15?,16?,19-,20-/m1/s1. The molecule has 108 valence electrons. The highest BCUT2D eigenvalue weighted by molar-refractivity contribution is 5.33. The van der Waals surface area contributed by atoms with E-state index in [1.54, 1.807) is 64.2 Å². The summed E-state index contributed by atoms with van der Waals surface area (Å²) in [5, 5.41) is 0. The van der Waals surface area contributed by atoms with Gasteiger partial charge in [0.05, 0.1) is 0 Å². The van der Waals surface area contributed by atoms with E-state index < -0.39 is 0 Å². The van der Waals surface area contributed by atoms with Crippen LogP contribution in [0, 0.1) is 47.3 Å². The summed E-state index contributed by atoms with van der Waals surface area (Å²) in [5.41, 5.74) is 4.14. The molecule has 0 amide bonds. The van der Waals surface area contributed by atoms with E-state index in [-0.39, 0.29) is 0 Å². The van der Waals surface area contributed by atoms with Crippen molar-refractivity contribution in [2.75, 3.05) is 0 Å². The molecule has 0 aromatic carbocycles. The van der Waals surface area contributed by atoms with Crippen LogP contribution in [0.25, 0.3) is 0 Å². The van der Waals surface area contributed by atoms with Crippen LogP contribution in [-0.2, 0) is 0 Å². The minimum atomic E-state index is 1.08. The second-order valence-electron chi connectivity index (χ2n) is 9.18. The minimum Gasteiger partial charge on any atom is -0.0670 e. The highest BCUT2D eigenvalue weighted by Crippen LogP contribution is 2.66. The molecular formula is C20H28. The smallest absolute Gasteiger partial charge is 0.0166 e. The van der Waals surface area contributed by atoms with Crippen LogP contribution in [0.5, 0.6) is 0 Å².